The highest BCUT2D eigenvalue weighted by Gasteiger charge is 2.27. The van der Waals surface area contributed by atoms with Gasteiger partial charge in [-0.05, 0) is 23.8 Å². The summed E-state index contributed by atoms with van der Waals surface area (Å²) in [6.45, 7) is -0.0719. The molecule has 3 aromatic rings. The highest BCUT2D eigenvalue weighted by atomic mass is 19.1. The Bertz CT molecular complexity index is 1020. The maximum atomic E-state index is 13.4. The predicted octanol–water partition coefficient (Wildman–Crippen LogP) is 2.27. The Balaban J connectivity index is 1.42. The molecule has 0 saturated heterocycles. The maximum absolute atomic E-state index is 13.4. The van der Waals surface area contributed by atoms with E-state index in [0.29, 0.717) is 12.2 Å². The van der Waals surface area contributed by atoms with Crippen LogP contribution in [0.4, 0.5) is 10.1 Å². The number of carbonyl (C=O) groups is 2. The summed E-state index contributed by atoms with van der Waals surface area (Å²) in [4.78, 5) is 24.8. The van der Waals surface area contributed by atoms with Crippen LogP contribution < -0.4 is 15.4 Å². The van der Waals surface area contributed by atoms with Crippen LogP contribution in [0.3, 0.4) is 0 Å². The summed E-state index contributed by atoms with van der Waals surface area (Å²) in [7, 11) is 0. The second kappa shape index (κ2) is 7.51. The molecule has 0 aliphatic carbocycles. The molecule has 0 spiro atoms. The summed E-state index contributed by atoms with van der Waals surface area (Å²) >= 11 is 0. The summed E-state index contributed by atoms with van der Waals surface area (Å²) < 4.78 is 18.9. The lowest BCUT2D eigenvalue weighted by Gasteiger charge is -2.13. The lowest BCUT2D eigenvalue weighted by atomic mass is 10.1. The molecule has 1 atom stereocenters. The van der Waals surface area contributed by atoms with E-state index < -0.39 is 23.7 Å². The van der Waals surface area contributed by atoms with Crippen molar-refractivity contribution in [3.8, 4) is 5.75 Å². The normalized spacial score (nSPS) is 15.8. The van der Waals surface area contributed by atoms with Crippen LogP contribution in [0.1, 0.15) is 21.7 Å². The highest BCUT2D eigenvalue weighted by molar-refractivity contribution is 6.01. The van der Waals surface area contributed by atoms with E-state index in [4.69, 9.17) is 4.74 Å². The molecule has 8 heteroatoms. The molecule has 1 aromatic heterocycles. The first-order valence-electron chi connectivity index (χ1n) is 8.71. The van der Waals surface area contributed by atoms with E-state index >= 15 is 0 Å². The van der Waals surface area contributed by atoms with Crippen molar-refractivity contribution < 1.29 is 18.7 Å². The number of H-pyrrole nitrogens is 1. The quantitative estimate of drug-likeness (QED) is 0.647. The zero-order valence-electron chi connectivity index (χ0n) is 14.7. The molecule has 0 radical (unpaired) electrons. The number of carbonyl (C=O) groups excluding carboxylic acids is 2. The van der Waals surface area contributed by atoms with Gasteiger partial charge in [0.15, 0.2) is 0 Å². The Kier molecular flexibility index (Phi) is 4.76. The molecule has 2 heterocycles. The van der Waals surface area contributed by atoms with E-state index in [9.17, 15) is 14.0 Å². The fraction of sp³-hybridized carbons (Fsp3) is 0.150. The topological polar surface area (TPSA) is 96.1 Å². The highest BCUT2D eigenvalue weighted by Crippen LogP contribution is 2.27. The molecule has 0 bridgehead atoms. The van der Waals surface area contributed by atoms with Crippen molar-refractivity contribution in [1.82, 2.24) is 15.5 Å². The van der Waals surface area contributed by atoms with Gasteiger partial charge in [0.2, 0.25) is 0 Å². The number of ether oxygens (including phenoxy) is 1. The summed E-state index contributed by atoms with van der Waals surface area (Å²) in [6.07, 6.45) is 0.606. The molecule has 28 heavy (non-hydrogen) atoms. The van der Waals surface area contributed by atoms with Crippen LogP contribution in [-0.4, -0.2) is 34.7 Å². The first kappa shape index (κ1) is 17.7. The molecule has 2 aromatic carbocycles. The number of rotatable bonds is 4. The van der Waals surface area contributed by atoms with E-state index in [1.165, 1.54) is 18.2 Å². The SMILES string of the molecule is O=C(N[C@H]1COc2ccc(F)cc2NC1=O)c1cc(Cc2ccccc2)[nH]n1. The van der Waals surface area contributed by atoms with Gasteiger partial charge in [-0.15, -0.1) is 0 Å². The van der Waals surface area contributed by atoms with Crippen molar-refractivity contribution >= 4 is 17.5 Å². The number of hydrogen-bond donors (Lipinski definition) is 3. The summed E-state index contributed by atoms with van der Waals surface area (Å²) in [5, 5.41) is 12.0. The monoisotopic (exact) mass is 380 g/mol. The number of aromatic nitrogens is 2. The zero-order chi connectivity index (χ0) is 19.5. The van der Waals surface area contributed by atoms with Crippen molar-refractivity contribution in [2.45, 2.75) is 12.5 Å². The third-order valence-corrected chi connectivity index (χ3v) is 4.33. The second-order valence-corrected chi connectivity index (χ2v) is 6.41. The summed E-state index contributed by atoms with van der Waals surface area (Å²) in [5.41, 5.74) is 2.26. The van der Waals surface area contributed by atoms with Crippen LogP contribution in [0, 0.1) is 5.82 Å². The molecule has 4 rings (SSSR count). The van der Waals surface area contributed by atoms with Gasteiger partial charge in [0, 0.05) is 18.2 Å². The van der Waals surface area contributed by atoms with E-state index in [1.807, 2.05) is 30.3 Å². The third-order valence-electron chi connectivity index (χ3n) is 4.33. The lowest BCUT2D eigenvalue weighted by molar-refractivity contribution is -0.118. The number of aromatic amines is 1. The summed E-state index contributed by atoms with van der Waals surface area (Å²) in [6, 6.07) is 14.3. The number of anilines is 1. The lowest BCUT2D eigenvalue weighted by Crippen LogP contribution is -2.46. The maximum Gasteiger partial charge on any atom is 0.272 e. The standard InChI is InChI=1S/C20H17FN4O3/c21-13-6-7-18-15(9-13)22-20(27)17(11-28-18)23-19(26)16-10-14(24-25-16)8-12-4-2-1-3-5-12/h1-7,9-10,17H,8,11H2,(H,22,27)(H,23,26)(H,24,25)/t17-/m0/s1. The number of amides is 2. The molecule has 0 unspecified atom stereocenters. The van der Waals surface area contributed by atoms with E-state index in [0.717, 1.165) is 11.3 Å². The average Bonchev–Trinajstić information content (AvgIpc) is 3.09. The number of fused-ring (bicyclic) bond motifs is 1. The van der Waals surface area contributed by atoms with E-state index in [2.05, 4.69) is 20.8 Å². The molecule has 1 aliphatic heterocycles. The van der Waals surface area contributed by atoms with Crippen LogP contribution in [0.15, 0.2) is 54.6 Å². The van der Waals surface area contributed by atoms with Gasteiger partial charge in [-0.3, -0.25) is 14.7 Å². The van der Waals surface area contributed by atoms with Crippen molar-refractivity contribution in [3.63, 3.8) is 0 Å². The fourth-order valence-electron chi connectivity index (χ4n) is 2.92. The number of benzene rings is 2. The van der Waals surface area contributed by atoms with Gasteiger partial charge in [0.25, 0.3) is 11.8 Å². The average molecular weight is 380 g/mol. The minimum Gasteiger partial charge on any atom is -0.489 e. The van der Waals surface area contributed by atoms with Gasteiger partial charge in [0.1, 0.15) is 29.9 Å². The summed E-state index contributed by atoms with van der Waals surface area (Å²) in [5.74, 6) is -1.14. The number of nitrogens with zero attached hydrogens (tertiary/aromatic N) is 1. The van der Waals surface area contributed by atoms with Crippen molar-refractivity contribution in [3.05, 3.63) is 77.4 Å². The van der Waals surface area contributed by atoms with Crippen LogP contribution in [0.25, 0.3) is 0 Å². The van der Waals surface area contributed by atoms with Crippen LogP contribution in [0.5, 0.6) is 5.75 Å². The first-order chi connectivity index (χ1) is 13.6. The third kappa shape index (κ3) is 3.85. The van der Waals surface area contributed by atoms with E-state index in [-0.39, 0.29) is 18.0 Å². The van der Waals surface area contributed by atoms with Gasteiger partial charge in [-0.25, -0.2) is 4.39 Å². The Morgan fingerprint density at radius 1 is 1.21 bits per heavy atom. The fourth-order valence-corrected chi connectivity index (χ4v) is 2.92. The Labute approximate surface area is 159 Å². The number of halogens is 1. The second-order valence-electron chi connectivity index (χ2n) is 6.41. The van der Waals surface area contributed by atoms with E-state index in [1.54, 1.807) is 6.07 Å². The minimum atomic E-state index is -0.933. The molecule has 0 saturated carbocycles. The van der Waals surface area contributed by atoms with Gasteiger partial charge in [-0.2, -0.15) is 5.10 Å². The Hall–Kier alpha value is -3.68. The molecule has 2 amide bonds. The van der Waals surface area contributed by atoms with Gasteiger partial charge >= 0.3 is 0 Å². The van der Waals surface area contributed by atoms with Crippen LogP contribution in [0.2, 0.25) is 0 Å². The Morgan fingerprint density at radius 3 is 2.86 bits per heavy atom. The minimum absolute atomic E-state index is 0.0719. The van der Waals surface area contributed by atoms with Crippen molar-refractivity contribution in [1.29, 1.82) is 0 Å². The van der Waals surface area contributed by atoms with Gasteiger partial charge in [-0.1, -0.05) is 30.3 Å². The number of nitrogens with one attached hydrogen (secondary N) is 3. The van der Waals surface area contributed by atoms with Gasteiger partial charge in [0.05, 0.1) is 5.69 Å². The van der Waals surface area contributed by atoms with Crippen molar-refractivity contribution in [2.75, 3.05) is 11.9 Å². The molecule has 142 valence electrons. The van der Waals surface area contributed by atoms with Crippen molar-refractivity contribution in [2.24, 2.45) is 0 Å². The molecular formula is C20H17FN4O3. The van der Waals surface area contributed by atoms with Crippen LogP contribution >= 0.6 is 0 Å². The number of hydrogen-bond acceptors (Lipinski definition) is 4. The Morgan fingerprint density at radius 2 is 2.04 bits per heavy atom. The van der Waals surface area contributed by atoms with Crippen LogP contribution in [-0.2, 0) is 11.2 Å². The molecular weight excluding hydrogens is 363 g/mol. The molecule has 1 aliphatic rings. The molecule has 3 N–H and O–H groups in total. The zero-order valence-corrected chi connectivity index (χ0v) is 14.7. The van der Waals surface area contributed by atoms with Gasteiger partial charge < -0.3 is 15.4 Å². The first-order valence-corrected chi connectivity index (χ1v) is 8.71. The largest absolute Gasteiger partial charge is 0.489 e. The molecule has 0 fully saturated rings. The smallest absolute Gasteiger partial charge is 0.272 e. The predicted molar refractivity (Wildman–Crippen MR) is 99.6 cm³/mol. The molecule has 7 nitrogen and oxygen atoms in total.